The van der Waals surface area contributed by atoms with Gasteiger partial charge in [-0.25, -0.2) is 12.7 Å². The molecule has 0 spiro atoms. The van der Waals surface area contributed by atoms with E-state index in [0.29, 0.717) is 16.3 Å². The lowest BCUT2D eigenvalue weighted by molar-refractivity contribution is -0.111. The van der Waals surface area contributed by atoms with Gasteiger partial charge in [-0.3, -0.25) is 4.79 Å². The maximum absolute atomic E-state index is 12.4. The predicted octanol–water partition coefficient (Wildman–Crippen LogP) is 3.25. The number of halogens is 1. The molecule has 0 fully saturated rings. The van der Waals surface area contributed by atoms with E-state index in [1.807, 2.05) is 0 Å². The maximum atomic E-state index is 12.4. The highest BCUT2D eigenvalue weighted by atomic mass is 35.5. The van der Waals surface area contributed by atoms with Crippen molar-refractivity contribution in [3.63, 3.8) is 0 Å². The zero-order chi connectivity index (χ0) is 19.3. The van der Waals surface area contributed by atoms with Gasteiger partial charge < -0.3 is 10.1 Å². The Morgan fingerprint density at radius 3 is 2.38 bits per heavy atom. The number of hydrogen-bond acceptors (Lipinski definition) is 4. The van der Waals surface area contributed by atoms with Gasteiger partial charge in [-0.05, 0) is 48.0 Å². The molecule has 1 N–H and O–H groups in total. The molecular weight excluding hydrogens is 376 g/mol. The third-order valence-corrected chi connectivity index (χ3v) is 5.57. The molecule has 0 radical (unpaired) electrons. The van der Waals surface area contributed by atoms with Crippen LogP contribution < -0.4 is 10.1 Å². The first-order valence-electron chi connectivity index (χ1n) is 7.59. The van der Waals surface area contributed by atoms with Gasteiger partial charge >= 0.3 is 0 Å². The molecule has 26 heavy (non-hydrogen) atoms. The molecule has 2 aromatic rings. The van der Waals surface area contributed by atoms with Gasteiger partial charge in [0, 0.05) is 30.9 Å². The summed E-state index contributed by atoms with van der Waals surface area (Å²) in [6.45, 7) is 0. The minimum atomic E-state index is -3.67. The number of amides is 1. The molecule has 0 aliphatic heterocycles. The van der Waals surface area contributed by atoms with Gasteiger partial charge in [0.1, 0.15) is 10.6 Å². The van der Waals surface area contributed by atoms with Crippen LogP contribution in [0, 0.1) is 0 Å². The van der Waals surface area contributed by atoms with E-state index in [0.717, 1.165) is 4.31 Å². The van der Waals surface area contributed by atoms with Gasteiger partial charge in [-0.1, -0.05) is 17.7 Å². The molecule has 0 atom stereocenters. The lowest BCUT2D eigenvalue weighted by atomic mass is 10.2. The molecule has 0 aliphatic carbocycles. The van der Waals surface area contributed by atoms with E-state index in [1.54, 1.807) is 36.4 Å². The Labute approximate surface area is 158 Å². The largest absolute Gasteiger partial charge is 0.495 e. The van der Waals surface area contributed by atoms with Crippen LogP contribution in [0.4, 0.5) is 5.69 Å². The SMILES string of the molecule is COc1ccc(/C=C/C(=O)Nc2ccc(Cl)cc2)cc1S(=O)(=O)N(C)C. The van der Waals surface area contributed by atoms with Crippen molar-refractivity contribution in [2.45, 2.75) is 4.90 Å². The Hall–Kier alpha value is -2.35. The highest BCUT2D eigenvalue weighted by molar-refractivity contribution is 7.89. The highest BCUT2D eigenvalue weighted by Crippen LogP contribution is 2.27. The molecule has 8 heteroatoms. The minimum absolute atomic E-state index is 0.0326. The molecule has 2 rings (SSSR count). The molecule has 6 nitrogen and oxygen atoms in total. The fourth-order valence-corrected chi connectivity index (χ4v) is 3.29. The summed E-state index contributed by atoms with van der Waals surface area (Å²) in [7, 11) is 0.613. The summed E-state index contributed by atoms with van der Waals surface area (Å²) in [6, 6.07) is 11.4. The molecule has 1 amide bonds. The topological polar surface area (TPSA) is 75.7 Å². The summed E-state index contributed by atoms with van der Waals surface area (Å²) in [5, 5.41) is 3.26. The number of carbonyl (C=O) groups is 1. The van der Waals surface area contributed by atoms with E-state index in [2.05, 4.69) is 5.32 Å². The Morgan fingerprint density at radius 1 is 1.15 bits per heavy atom. The first-order valence-corrected chi connectivity index (χ1v) is 9.41. The van der Waals surface area contributed by atoms with Gasteiger partial charge in [0.25, 0.3) is 0 Å². The molecule has 0 bridgehead atoms. The Bertz CT molecular complexity index is 923. The second-order valence-corrected chi connectivity index (χ2v) is 8.08. The molecule has 0 unspecified atom stereocenters. The third-order valence-electron chi connectivity index (χ3n) is 3.49. The van der Waals surface area contributed by atoms with Crippen LogP contribution in [0.25, 0.3) is 6.08 Å². The van der Waals surface area contributed by atoms with E-state index < -0.39 is 10.0 Å². The summed E-state index contributed by atoms with van der Waals surface area (Å²) >= 11 is 5.80. The van der Waals surface area contributed by atoms with Gasteiger partial charge in [-0.2, -0.15) is 0 Å². The van der Waals surface area contributed by atoms with E-state index in [9.17, 15) is 13.2 Å². The third kappa shape index (κ3) is 4.85. The van der Waals surface area contributed by atoms with Crippen LogP contribution in [0.2, 0.25) is 5.02 Å². The fourth-order valence-electron chi connectivity index (χ4n) is 2.08. The number of methoxy groups -OCH3 is 1. The number of carbonyl (C=O) groups excluding carboxylic acids is 1. The van der Waals surface area contributed by atoms with Gasteiger partial charge in [-0.15, -0.1) is 0 Å². The smallest absolute Gasteiger partial charge is 0.248 e. The highest BCUT2D eigenvalue weighted by Gasteiger charge is 2.22. The van der Waals surface area contributed by atoms with Crippen LogP contribution in [0.15, 0.2) is 53.4 Å². The van der Waals surface area contributed by atoms with Crippen LogP contribution in [-0.4, -0.2) is 39.8 Å². The van der Waals surface area contributed by atoms with Gasteiger partial charge in [0.2, 0.25) is 15.9 Å². The van der Waals surface area contributed by atoms with Crippen LogP contribution in [-0.2, 0) is 14.8 Å². The van der Waals surface area contributed by atoms with E-state index in [1.165, 1.54) is 39.4 Å². The van der Waals surface area contributed by atoms with Crippen LogP contribution >= 0.6 is 11.6 Å². The van der Waals surface area contributed by atoms with Crippen molar-refractivity contribution < 1.29 is 17.9 Å². The molecule has 0 heterocycles. The molecule has 0 aliphatic rings. The molecule has 0 aromatic heterocycles. The number of hydrogen-bond donors (Lipinski definition) is 1. The van der Waals surface area contributed by atoms with E-state index >= 15 is 0 Å². The predicted molar refractivity (Wildman–Crippen MR) is 103 cm³/mol. The Morgan fingerprint density at radius 2 is 1.81 bits per heavy atom. The van der Waals surface area contributed by atoms with Crippen molar-refractivity contribution in [2.24, 2.45) is 0 Å². The standard InChI is InChI=1S/C18H19ClN2O4S/c1-21(2)26(23,24)17-12-13(4-10-16(17)25-3)5-11-18(22)20-15-8-6-14(19)7-9-15/h4-12H,1-3H3,(H,20,22)/b11-5+. The van der Waals surface area contributed by atoms with Crippen molar-refractivity contribution >= 4 is 39.3 Å². The second kappa shape index (κ2) is 8.35. The van der Waals surface area contributed by atoms with E-state index in [4.69, 9.17) is 16.3 Å². The first kappa shape index (κ1) is 20.0. The fraction of sp³-hybridized carbons (Fsp3) is 0.167. The minimum Gasteiger partial charge on any atom is -0.495 e. The lowest BCUT2D eigenvalue weighted by Crippen LogP contribution is -2.22. The average Bonchev–Trinajstić information content (AvgIpc) is 2.61. The molecule has 0 saturated carbocycles. The van der Waals surface area contributed by atoms with E-state index in [-0.39, 0.29) is 16.6 Å². The van der Waals surface area contributed by atoms with Crippen molar-refractivity contribution in [2.75, 3.05) is 26.5 Å². The number of benzene rings is 2. The maximum Gasteiger partial charge on any atom is 0.248 e. The number of nitrogens with zero attached hydrogens (tertiary/aromatic N) is 1. The summed E-state index contributed by atoms with van der Waals surface area (Å²) < 4.78 is 31.0. The zero-order valence-corrected chi connectivity index (χ0v) is 16.1. The number of sulfonamides is 1. The molecule has 138 valence electrons. The van der Waals surface area contributed by atoms with Gasteiger partial charge in [0.05, 0.1) is 7.11 Å². The van der Waals surface area contributed by atoms with Crippen molar-refractivity contribution in [1.82, 2.24) is 4.31 Å². The number of anilines is 1. The van der Waals surface area contributed by atoms with Crippen molar-refractivity contribution in [1.29, 1.82) is 0 Å². The Kier molecular flexibility index (Phi) is 6.42. The second-order valence-electron chi connectivity index (χ2n) is 5.53. The van der Waals surface area contributed by atoms with Crippen molar-refractivity contribution in [3.05, 3.63) is 59.1 Å². The summed E-state index contributed by atoms with van der Waals surface area (Å²) in [6.07, 6.45) is 2.85. The number of rotatable bonds is 6. The van der Waals surface area contributed by atoms with Gasteiger partial charge in [0.15, 0.2) is 0 Å². The van der Waals surface area contributed by atoms with Crippen molar-refractivity contribution in [3.8, 4) is 5.75 Å². The Balaban J connectivity index is 2.22. The normalized spacial score (nSPS) is 11.7. The summed E-state index contributed by atoms with van der Waals surface area (Å²) in [5.74, 6) is -0.110. The van der Waals surface area contributed by atoms with Crippen LogP contribution in [0.5, 0.6) is 5.75 Å². The number of ether oxygens (including phenoxy) is 1. The van der Waals surface area contributed by atoms with Crippen LogP contribution in [0.1, 0.15) is 5.56 Å². The molecular formula is C18H19ClN2O4S. The first-order chi connectivity index (χ1) is 12.2. The number of nitrogens with one attached hydrogen (secondary N) is 1. The molecule has 2 aromatic carbocycles. The van der Waals surface area contributed by atoms with Crippen LogP contribution in [0.3, 0.4) is 0 Å². The summed E-state index contributed by atoms with van der Waals surface area (Å²) in [5.41, 5.74) is 1.16. The quantitative estimate of drug-likeness (QED) is 0.763. The average molecular weight is 395 g/mol. The zero-order valence-electron chi connectivity index (χ0n) is 14.6. The summed E-state index contributed by atoms with van der Waals surface area (Å²) in [4.78, 5) is 12.0. The monoisotopic (exact) mass is 394 g/mol. The lowest BCUT2D eigenvalue weighted by Gasteiger charge is -2.15. The molecule has 0 saturated heterocycles.